The number of allylic oxidation sites excluding steroid dienone is 2. The second-order valence-corrected chi connectivity index (χ2v) is 11.1. The zero-order valence-electron chi connectivity index (χ0n) is 22.0. The number of carbonyl (C=O) groups is 1. The lowest BCUT2D eigenvalue weighted by Gasteiger charge is -2.45. The summed E-state index contributed by atoms with van der Waals surface area (Å²) in [5.41, 5.74) is 3.33. The molecule has 5 atom stereocenters. The Morgan fingerprint density at radius 1 is 1.24 bits per heavy atom. The molecule has 0 spiro atoms. The Labute approximate surface area is 222 Å². The quantitative estimate of drug-likeness (QED) is 0.365. The number of anilines is 1. The smallest absolute Gasteiger partial charge is 0.252 e. The van der Waals surface area contributed by atoms with Crippen molar-refractivity contribution in [3.63, 3.8) is 0 Å². The van der Waals surface area contributed by atoms with E-state index in [4.69, 9.17) is 9.72 Å². The van der Waals surface area contributed by atoms with Gasteiger partial charge in [-0.05, 0) is 44.5 Å². The summed E-state index contributed by atoms with van der Waals surface area (Å²) in [6.07, 6.45) is 8.04. The third kappa shape index (κ3) is 5.04. The van der Waals surface area contributed by atoms with Gasteiger partial charge in [-0.3, -0.25) is 15.0 Å². The monoisotopic (exact) mass is 517 g/mol. The molecule has 10 heteroatoms. The maximum atomic E-state index is 12.8. The number of piperazine rings is 1. The number of aromatic nitrogens is 2. The largest absolute Gasteiger partial charge is 0.474 e. The molecule has 3 aliphatic heterocycles. The molecule has 2 saturated heterocycles. The Kier molecular flexibility index (Phi) is 6.43. The normalized spacial score (nSPS) is 29.3. The standard InChI is InChI=1S/C28H35N7O3/c1-16-14-35(15-17(2)32-16)26(37)28(3)8-6-19(7-9-28)33-27-31-12-18-11-30-25(36)22-10-20(38-23-13-29-23)4-5-21(22)24(18)34-27/h4-8,10,12,16-17,23,26,29,32,37H,9,11,13-15H2,1-3H3,(H,30,36)(H,31,33,34)/t16-,17?,23?,26?,28?/m1/s1. The second-order valence-electron chi connectivity index (χ2n) is 11.1. The molecule has 0 bridgehead atoms. The lowest BCUT2D eigenvalue weighted by atomic mass is 9.80. The number of hydrogen-bond acceptors (Lipinski definition) is 9. The summed E-state index contributed by atoms with van der Waals surface area (Å²) in [6.45, 7) is 9.19. The Hall–Kier alpha value is -3.31. The number of benzene rings is 1. The van der Waals surface area contributed by atoms with Crippen molar-refractivity contribution in [1.29, 1.82) is 0 Å². The summed E-state index contributed by atoms with van der Waals surface area (Å²) < 4.78 is 5.80. The van der Waals surface area contributed by atoms with Crippen molar-refractivity contribution in [1.82, 2.24) is 30.8 Å². The highest BCUT2D eigenvalue weighted by Gasteiger charge is 2.38. The summed E-state index contributed by atoms with van der Waals surface area (Å²) in [5.74, 6) is 0.944. The number of amides is 1. The second kappa shape index (κ2) is 9.77. The Balaban J connectivity index is 1.19. The Morgan fingerprint density at radius 2 is 2.03 bits per heavy atom. The number of aliphatic hydroxyl groups excluding tert-OH is 1. The molecule has 4 heterocycles. The third-order valence-electron chi connectivity index (χ3n) is 7.63. The van der Waals surface area contributed by atoms with Gasteiger partial charge in [-0.15, -0.1) is 0 Å². The van der Waals surface area contributed by atoms with Gasteiger partial charge in [0.1, 0.15) is 12.0 Å². The zero-order chi connectivity index (χ0) is 26.4. The van der Waals surface area contributed by atoms with E-state index in [-0.39, 0.29) is 12.1 Å². The first-order chi connectivity index (χ1) is 18.3. The van der Waals surface area contributed by atoms with Gasteiger partial charge < -0.3 is 25.8 Å². The van der Waals surface area contributed by atoms with E-state index in [2.05, 4.69) is 64.1 Å². The highest BCUT2D eigenvalue weighted by molar-refractivity contribution is 6.02. The van der Waals surface area contributed by atoms with Crippen molar-refractivity contribution in [2.24, 2.45) is 5.41 Å². The van der Waals surface area contributed by atoms with Crippen LogP contribution in [0, 0.1) is 5.41 Å². The van der Waals surface area contributed by atoms with Crippen LogP contribution in [0.3, 0.4) is 0 Å². The van der Waals surface area contributed by atoms with Crippen LogP contribution in [0.2, 0.25) is 0 Å². The fraction of sp³-hybridized carbons (Fsp3) is 0.464. The number of ether oxygens (including phenoxy) is 1. The summed E-state index contributed by atoms with van der Waals surface area (Å²) in [6, 6.07) is 6.21. The molecule has 38 heavy (non-hydrogen) atoms. The predicted octanol–water partition coefficient (Wildman–Crippen LogP) is 1.96. The summed E-state index contributed by atoms with van der Waals surface area (Å²) >= 11 is 0. The number of carbonyl (C=O) groups excluding carboxylic acids is 1. The van der Waals surface area contributed by atoms with Gasteiger partial charge >= 0.3 is 0 Å². The topological polar surface area (TPSA) is 134 Å². The van der Waals surface area contributed by atoms with Crippen LogP contribution in [0.4, 0.5) is 5.95 Å². The third-order valence-corrected chi connectivity index (χ3v) is 7.63. The van der Waals surface area contributed by atoms with Gasteiger partial charge in [0, 0.05) is 66.7 Å². The highest BCUT2D eigenvalue weighted by Crippen LogP contribution is 2.36. The van der Waals surface area contributed by atoms with Crippen LogP contribution in [-0.2, 0) is 6.54 Å². The average Bonchev–Trinajstić information content (AvgIpc) is 3.73. The molecule has 2 aromatic rings. The van der Waals surface area contributed by atoms with Crippen molar-refractivity contribution < 1.29 is 14.6 Å². The number of hydrogen-bond donors (Lipinski definition) is 5. The molecular formula is C28H35N7O3. The van der Waals surface area contributed by atoms with E-state index in [9.17, 15) is 9.90 Å². The fourth-order valence-corrected chi connectivity index (χ4v) is 5.53. The molecule has 200 valence electrons. The van der Waals surface area contributed by atoms with Crippen LogP contribution in [0.5, 0.6) is 5.75 Å². The lowest BCUT2D eigenvalue weighted by Crippen LogP contribution is -2.60. The van der Waals surface area contributed by atoms with Gasteiger partial charge in [0.05, 0.1) is 11.3 Å². The van der Waals surface area contributed by atoms with Crippen LogP contribution >= 0.6 is 0 Å². The molecule has 5 N–H and O–H groups in total. The fourth-order valence-electron chi connectivity index (χ4n) is 5.53. The van der Waals surface area contributed by atoms with Crippen molar-refractivity contribution in [2.45, 2.75) is 58.3 Å². The van der Waals surface area contributed by atoms with Crippen molar-refractivity contribution in [2.75, 3.05) is 25.0 Å². The first-order valence-electron chi connectivity index (χ1n) is 13.3. The molecule has 0 radical (unpaired) electrons. The first kappa shape index (κ1) is 25.0. The van der Waals surface area contributed by atoms with E-state index in [0.717, 1.165) is 42.2 Å². The predicted molar refractivity (Wildman–Crippen MR) is 144 cm³/mol. The summed E-state index contributed by atoms with van der Waals surface area (Å²) in [4.78, 5) is 24.3. The van der Waals surface area contributed by atoms with E-state index in [1.54, 1.807) is 12.3 Å². The Morgan fingerprint density at radius 3 is 2.74 bits per heavy atom. The molecule has 1 amide bonds. The molecule has 1 aromatic heterocycles. The number of nitrogens with zero attached hydrogens (tertiary/aromatic N) is 3. The van der Waals surface area contributed by atoms with Gasteiger partial charge in [0.25, 0.3) is 5.91 Å². The van der Waals surface area contributed by atoms with Gasteiger partial charge in [0.15, 0.2) is 6.23 Å². The molecule has 4 aliphatic rings. The van der Waals surface area contributed by atoms with E-state index in [1.165, 1.54) is 0 Å². The van der Waals surface area contributed by atoms with Gasteiger partial charge in [-0.1, -0.05) is 19.1 Å². The average molecular weight is 518 g/mol. The maximum absolute atomic E-state index is 12.8. The van der Waals surface area contributed by atoms with Crippen LogP contribution in [0.1, 0.15) is 43.1 Å². The molecule has 6 rings (SSSR count). The van der Waals surface area contributed by atoms with Crippen LogP contribution in [0.15, 0.2) is 48.3 Å². The SMILES string of the molecule is CC1CN(C(O)C2(C)C=CC(Nc3ncc4c(n3)-c3ccc(OC5CN5)cc3C(=O)NC4)=CC2)C[C@@H](C)N1. The summed E-state index contributed by atoms with van der Waals surface area (Å²) in [5, 5.41) is 24.1. The van der Waals surface area contributed by atoms with E-state index in [1.807, 2.05) is 18.2 Å². The molecule has 0 saturated carbocycles. The zero-order valence-corrected chi connectivity index (χ0v) is 22.0. The van der Waals surface area contributed by atoms with Crippen LogP contribution in [0.25, 0.3) is 11.3 Å². The number of fused-ring (bicyclic) bond motifs is 3. The summed E-state index contributed by atoms with van der Waals surface area (Å²) in [7, 11) is 0. The maximum Gasteiger partial charge on any atom is 0.252 e. The van der Waals surface area contributed by atoms with Crippen LogP contribution < -0.4 is 26.0 Å². The van der Waals surface area contributed by atoms with Gasteiger partial charge in [-0.25, -0.2) is 9.97 Å². The number of rotatable bonds is 6. The molecule has 1 aliphatic carbocycles. The molecule has 1 aromatic carbocycles. The van der Waals surface area contributed by atoms with Gasteiger partial charge in [-0.2, -0.15) is 0 Å². The lowest BCUT2D eigenvalue weighted by molar-refractivity contribution is -0.0810. The van der Waals surface area contributed by atoms with Crippen molar-refractivity contribution >= 4 is 11.9 Å². The first-order valence-corrected chi connectivity index (χ1v) is 13.3. The Bertz CT molecular complexity index is 1300. The molecule has 10 nitrogen and oxygen atoms in total. The van der Waals surface area contributed by atoms with E-state index in [0.29, 0.717) is 42.3 Å². The number of nitrogens with one attached hydrogen (secondary N) is 4. The van der Waals surface area contributed by atoms with Crippen LogP contribution in [-0.4, -0.2) is 70.1 Å². The number of aliphatic hydroxyl groups is 1. The van der Waals surface area contributed by atoms with E-state index >= 15 is 0 Å². The van der Waals surface area contributed by atoms with E-state index < -0.39 is 11.6 Å². The van der Waals surface area contributed by atoms with Crippen molar-refractivity contribution in [3.05, 3.63) is 59.4 Å². The van der Waals surface area contributed by atoms with Gasteiger partial charge in [0.2, 0.25) is 5.95 Å². The minimum absolute atomic E-state index is 0.0103. The molecule has 2 fully saturated rings. The molecule has 4 unspecified atom stereocenters. The minimum atomic E-state index is -0.571. The minimum Gasteiger partial charge on any atom is -0.474 e. The highest BCUT2D eigenvalue weighted by atomic mass is 16.5. The molecular weight excluding hydrogens is 482 g/mol. The van der Waals surface area contributed by atoms with Crippen molar-refractivity contribution in [3.8, 4) is 17.0 Å².